The number of nitrogens with one attached hydrogen (secondary N) is 1. The Hall–Kier alpha value is -1.70. The molecule has 2 fully saturated rings. The monoisotopic (exact) mass is 533 g/mol. The van der Waals surface area contributed by atoms with Crippen LogP contribution in [0.3, 0.4) is 0 Å². The van der Waals surface area contributed by atoms with Crippen molar-refractivity contribution in [2.24, 2.45) is 0 Å². The molecular formula is C23H30F3N3O4S2. The highest BCUT2D eigenvalue weighted by Gasteiger charge is 2.51. The van der Waals surface area contributed by atoms with E-state index in [1.54, 1.807) is 29.6 Å². The topological polar surface area (TPSA) is 82.1 Å². The van der Waals surface area contributed by atoms with Crippen LogP contribution in [-0.4, -0.2) is 75.5 Å². The quantitative estimate of drug-likeness (QED) is 0.569. The Morgan fingerprint density at radius 1 is 1.14 bits per heavy atom. The van der Waals surface area contributed by atoms with Crippen molar-refractivity contribution in [1.29, 1.82) is 0 Å². The number of aliphatic hydroxyl groups is 1. The molecule has 2 saturated heterocycles. The number of hydrogen-bond acceptors (Lipinski definition) is 7. The van der Waals surface area contributed by atoms with E-state index in [2.05, 4.69) is 5.32 Å². The van der Waals surface area contributed by atoms with E-state index in [1.165, 1.54) is 27.8 Å². The lowest BCUT2D eigenvalue weighted by Gasteiger charge is -2.43. The van der Waals surface area contributed by atoms with E-state index in [4.69, 9.17) is 4.74 Å². The largest absolute Gasteiger partial charge is 0.421 e. The maximum atomic E-state index is 13.2. The molecule has 2 N–H and O–H groups in total. The lowest BCUT2D eigenvalue weighted by molar-refractivity contribution is -0.258. The van der Waals surface area contributed by atoms with Gasteiger partial charge in [-0.2, -0.15) is 17.5 Å². The summed E-state index contributed by atoms with van der Waals surface area (Å²) in [5, 5.41) is 15.2. The van der Waals surface area contributed by atoms with Crippen molar-refractivity contribution in [3.05, 3.63) is 47.3 Å². The van der Waals surface area contributed by atoms with Crippen LogP contribution < -0.4 is 10.2 Å². The summed E-state index contributed by atoms with van der Waals surface area (Å²) in [5.74, 6) is 0. The van der Waals surface area contributed by atoms with Crippen LogP contribution in [0.25, 0.3) is 0 Å². The van der Waals surface area contributed by atoms with Crippen molar-refractivity contribution in [1.82, 2.24) is 9.62 Å². The number of piperazine rings is 1. The summed E-state index contributed by atoms with van der Waals surface area (Å²) in [4.78, 5) is 2.03. The minimum Gasteiger partial charge on any atom is -0.381 e. The normalized spacial score (nSPS) is 22.8. The Kier molecular flexibility index (Phi) is 7.79. The van der Waals surface area contributed by atoms with Crippen LogP contribution in [0.5, 0.6) is 0 Å². The third-order valence-electron chi connectivity index (χ3n) is 6.71. The number of hydrogen-bond donors (Lipinski definition) is 2. The molecule has 3 heterocycles. The Morgan fingerprint density at radius 2 is 1.83 bits per heavy atom. The van der Waals surface area contributed by atoms with E-state index in [9.17, 15) is 26.7 Å². The van der Waals surface area contributed by atoms with E-state index in [1.807, 2.05) is 4.90 Å². The molecule has 0 unspecified atom stereocenters. The molecule has 1 aromatic carbocycles. The number of thiophene rings is 1. The summed E-state index contributed by atoms with van der Waals surface area (Å²) < 4.78 is 73.2. The Bertz CT molecular complexity index is 1070. The predicted octanol–water partition coefficient (Wildman–Crippen LogP) is 3.17. The third kappa shape index (κ3) is 5.67. The lowest BCUT2D eigenvalue weighted by atomic mass is 9.95. The molecule has 0 aliphatic carbocycles. The second kappa shape index (κ2) is 10.3. The van der Waals surface area contributed by atoms with Gasteiger partial charge in [-0.1, -0.05) is 18.2 Å². The molecule has 35 heavy (non-hydrogen) atoms. The standard InChI is InChI=1S/C23H30F3N3O4S2/c1-22(30,23(24,25)26)17-4-6-19(7-5-17)29-11-10-28(35(31,32)21-3-2-14-34-21)16-20(29)15-27-18-8-12-33-13-9-18/h2-7,14,18,20,27,30H,8-13,15-16H2,1H3/t20-,22+/m0/s1. The maximum Gasteiger partial charge on any atom is 0.421 e. The van der Waals surface area contributed by atoms with Crippen LogP contribution in [0.1, 0.15) is 25.3 Å². The summed E-state index contributed by atoms with van der Waals surface area (Å²) in [6, 6.07) is 9.00. The Morgan fingerprint density at radius 3 is 2.43 bits per heavy atom. The molecule has 2 aliphatic heterocycles. The smallest absolute Gasteiger partial charge is 0.381 e. The van der Waals surface area contributed by atoms with Crippen molar-refractivity contribution in [3.63, 3.8) is 0 Å². The molecule has 2 atom stereocenters. The lowest BCUT2D eigenvalue weighted by Crippen LogP contribution is -2.58. The fraction of sp³-hybridized carbons (Fsp3) is 0.565. The molecule has 4 rings (SSSR count). The number of sulfonamides is 1. The van der Waals surface area contributed by atoms with Crippen LogP contribution in [0.2, 0.25) is 0 Å². The molecule has 12 heteroatoms. The molecule has 0 bridgehead atoms. The van der Waals surface area contributed by atoms with Crippen LogP contribution in [-0.2, 0) is 20.4 Å². The second-order valence-electron chi connectivity index (χ2n) is 9.05. The molecule has 0 radical (unpaired) electrons. The van der Waals surface area contributed by atoms with Gasteiger partial charge in [0.05, 0.1) is 6.04 Å². The minimum atomic E-state index is -4.80. The molecule has 0 spiro atoms. The van der Waals surface area contributed by atoms with Gasteiger partial charge < -0.3 is 20.1 Å². The summed E-state index contributed by atoms with van der Waals surface area (Å²) in [6.45, 7) is 3.49. The van der Waals surface area contributed by atoms with E-state index in [0.717, 1.165) is 19.8 Å². The maximum absolute atomic E-state index is 13.2. The van der Waals surface area contributed by atoms with Crippen molar-refractivity contribution in [2.45, 2.75) is 47.8 Å². The highest BCUT2D eigenvalue weighted by molar-refractivity contribution is 7.91. The van der Waals surface area contributed by atoms with Crippen molar-refractivity contribution >= 4 is 27.0 Å². The number of anilines is 1. The second-order valence-corrected chi connectivity index (χ2v) is 12.2. The number of halogens is 3. The molecular weight excluding hydrogens is 503 g/mol. The molecule has 1 aromatic heterocycles. The highest BCUT2D eigenvalue weighted by atomic mass is 32.2. The summed E-state index contributed by atoms with van der Waals surface area (Å²) in [7, 11) is -3.62. The summed E-state index contributed by atoms with van der Waals surface area (Å²) in [5.41, 5.74) is -2.52. The van der Waals surface area contributed by atoms with Crippen LogP contribution in [0.4, 0.5) is 18.9 Å². The van der Waals surface area contributed by atoms with Crippen LogP contribution >= 0.6 is 11.3 Å². The van der Waals surface area contributed by atoms with Crippen LogP contribution in [0, 0.1) is 0 Å². The molecule has 2 aromatic rings. The fourth-order valence-corrected chi connectivity index (χ4v) is 7.06. The van der Waals surface area contributed by atoms with Gasteiger partial charge in [0.25, 0.3) is 10.0 Å². The highest BCUT2D eigenvalue weighted by Crippen LogP contribution is 2.39. The zero-order valence-corrected chi connectivity index (χ0v) is 21.0. The summed E-state index contributed by atoms with van der Waals surface area (Å²) in [6.07, 6.45) is -3.07. The van der Waals surface area contributed by atoms with Crippen molar-refractivity contribution in [2.75, 3.05) is 44.3 Å². The van der Waals surface area contributed by atoms with E-state index in [-0.39, 0.29) is 30.7 Å². The number of benzene rings is 1. The third-order valence-corrected chi connectivity index (χ3v) is 9.95. The van der Waals surface area contributed by atoms with Gasteiger partial charge in [-0.15, -0.1) is 11.3 Å². The Labute approximate surface area is 207 Å². The average molecular weight is 534 g/mol. The number of ether oxygens (including phenoxy) is 1. The van der Waals surface area contributed by atoms with Gasteiger partial charge in [0.1, 0.15) is 4.21 Å². The molecule has 0 amide bonds. The molecule has 2 aliphatic rings. The van der Waals surface area contributed by atoms with E-state index < -0.39 is 21.8 Å². The van der Waals surface area contributed by atoms with Crippen molar-refractivity contribution in [3.8, 4) is 0 Å². The predicted molar refractivity (Wildman–Crippen MR) is 128 cm³/mol. The molecule has 194 valence electrons. The zero-order valence-electron chi connectivity index (χ0n) is 19.4. The minimum absolute atomic E-state index is 0.227. The van der Waals surface area contributed by atoms with Gasteiger partial charge in [0.2, 0.25) is 0 Å². The van der Waals surface area contributed by atoms with Gasteiger partial charge >= 0.3 is 6.18 Å². The fourth-order valence-electron chi connectivity index (χ4n) is 4.44. The van der Waals surface area contributed by atoms with Crippen molar-refractivity contribution < 1.29 is 31.4 Å². The zero-order chi connectivity index (χ0) is 25.3. The number of alkyl halides is 3. The van der Waals surface area contributed by atoms with Gasteiger partial charge in [0.15, 0.2) is 5.60 Å². The van der Waals surface area contributed by atoms with Gasteiger partial charge in [-0.3, -0.25) is 0 Å². The van der Waals surface area contributed by atoms with Gasteiger partial charge in [-0.05, 0) is 48.9 Å². The van der Waals surface area contributed by atoms with E-state index in [0.29, 0.717) is 36.2 Å². The Balaban J connectivity index is 1.55. The number of rotatable bonds is 7. The SMILES string of the molecule is C[C@@](O)(c1ccc(N2CCN(S(=O)(=O)c3cccs3)C[C@@H]2CNC2CCOCC2)cc1)C(F)(F)F. The van der Waals surface area contributed by atoms with Gasteiger partial charge in [-0.25, -0.2) is 8.42 Å². The first-order chi connectivity index (χ1) is 16.5. The molecule has 7 nitrogen and oxygen atoms in total. The summed E-state index contributed by atoms with van der Waals surface area (Å²) >= 11 is 1.18. The first-order valence-corrected chi connectivity index (χ1v) is 13.8. The first kappa shape index (κ1) is 26.4. The number of nitrogens with zero attached hydrogens (tertiary/aromatic N) is 2. The first-order valence-electron chi connectivity index (χ1n) is 11.5. The average Bonchev–Trinajstić information content (AvgIpc) is 3.39. The molecule has 0 saturated carbocycles. The van der Waals surface area contributed by atoms with Gasteiger partial charge in [0, 0.05) is 51.1 Å². The van der Waals surface area contributed by atoms with E-state index >= 15 is 0 Å². The van der Waals surface area contributed by atoms with Crippen LogP contribution in [0.15, 0.2) is 46.0 Å².